The van der Waals surface area contributed by atoms with E-state index in [0.29, 0.717) is 56.0 Å². The Morgan fingerprint density at radius 2 is 1.85 bits per heavy atom. The summed E-state index contributed by atoms with van der Waals surface area (Å²) in [6, 6.07) is 16.4. The van der Waals surface area contributed by atoms with E-state index in [-0.39, 0.29) is 16.5 Å². The van der Waals surface area contributed by atoms with Gasteiger partial charge in [0, 0.05) is 25.8 Å². The summed E-state index contributed by atoms with van der Waals surface area (Å²) in [6.45, 7) is 0.780. The van der Waals surface area contributed by atoms with E-state index < -0.39 is 17.7 Å². The molecule has 1 aromatic heterocycles. The van der Waals surface area contributed by atoms with Gasteiger partial charge in [-0.1, -0.05) is 80.4 Å². The number of amides is 1. The van der Waals surface area contributed by atoms with Crippen LogP contribution in [0.2, 0.25) is 10.0 Å². The molecule has 4 aromatic rings. The number of rotatable bonds is 6. The molecule has 3 heterocycles. The number of benzene rings is 3. The minimum Gasteiger partial charge on any atom is -0.507 e. The SMILES string of the molecule is O=C1C(=O)N(c2nnc(SCc3ccc(Cl)cc3Cl)s2)C(c2cccc(Br)c2)/C1=C(\O)c1ccc2c(c1)OCCO2. The van der Waals surface area contributed by atoms with Gasteiger partial charge in [-0.2, -0.15) is 0 Å². The lowest BCUT2D eigenvalue weighted by Gasteiger charge is -2.23. The molecule has 1 fully saturated rings. The predicted molar refractivity (Wildman–Crippen MR) is 162 cm³/mol. The summed E-state index contributed by atoms with van der Waals surface area (Å²) in [5, 5.41) is 21.2. The number of aliphatic hydroxyl groups excluding tert-OH is 1. The van der Waals surface area contributed by atoms with Crippen LogP contribution in [-0.4, -0.2) is 40.2 Å². The average molecular weight is 691 g/mol. The average Bonchev–Trinajstić information content (AvgIpc) is 3.53. The second-order valence-corrected chi connectivity index (χ2v) is 12.9. The number of nitrogens with zero attached hydrogens (tertiary/aromatic N) is 3. The molecule has 0 saturated carbocycles. The van der Waals surface area contributed by atoms with Crippen molar-refractivity contribution < 1.29 is 24.2 Å². The van der Waals surface area contributed by atoms with E-state index in [0.717, 1.165) is 10.0 Å². The maximum atomic E-state index is 13.5. The Morgan fingerprint density at radius 1 is 1.05 bits per heavy atom. The zero-order valence-electron chi connectivity index (χ0n) is 20.8. The fourth-order valence-corrected chi connectivity index (χ4v) is 7.35. The number of hydrogen-bond acceptors (Lipinski definition) is 9. The van der Waals surface area contributed by atoms with Crippen molar-refractivity contribution in [2.24, 2.45) is 0 Å². The molecule has 2 aliphatic heterocycles. The molecular formula is C28H18BrCl2N3O5S2. The first kappa shape index (κ1) is 28.0. The second kappa shape index (κ2) is 11.7. The zero-order chi connectivity index (χ0) is 28.7. The molecule has 2 aliphatic rings. The molecule has 1 N–H and O–H groups in total. The number of fused-ring (bicyclic) bond motifs is 1. The lowest BCUT2D eigenvalue weighted by Crippen LogP contribution is -2.29. The Balaban J connectivity index is 1.38. The molecule has 13 heteroatoms. The van der Waals surface area contributed by atoms with Gasteiger partial charge in [0.2, 0.25) is 5.13 Å². The molecule has 0 bridgehead atoms. The Bertz CT molecular complexity index is 1730. The molecule has 0 spiro atoms. The van der Waals surface area contributed by atoms with Crippen LogP contribution in [0.1, 0.15) is 22.7 Å². The fraction of sp³-hybridized carbons (Fsp3) is 0.143. The lowest BCUT2D eigenvalue weighted by molar-refractivity contribution is -0.132. The molecule has 1 unspecified atom stereocenters. The minimum atomic E-state index is -0.947. The molecule has 1 saturated heterocycles. The number of Topliss-reactive ketones (excluding diaryl/α,β-unsaturated/α-hetero) is 1. The number of carbonyl (C=O) groups is 2. The summed E-state index contributed by atoms with van der Waals surface area (Å²) in [4.78, 5) is 28.3. The Labute approximate surface area is 261 Å². The number of aliphatic hydroxyl groups is 1. The van der Waals surface area contributed by atoms with Gasteiger partial charge >= 0.3 is 5.91 Å². The molecule has 8 nitrogen and oxygen atoms in total. The highest BCUT2D eigenvalue weighted by molar-refractivity contribution is 9.10. The summed E-state index contributed by atoms with van der Waals surface area (Å²) in [5.74, 6) is -0.495. The number of aromatic nitrogens is 2. The first-order valence-electron chi connectivity index (χ1n) is 12.2. The molecule has 0 aliphatic carbocycles. The van der Waals surface area contributed by atoms with Crippen LogP contribution in [0.25, 0.3) is 5.76 Å². The van der Waals surface area contributed by atoms with E-state index in [9.17, 15) is 14.7 Å². The number of ether oxygens (including phenoxy) is 2. The molecule has 1 atom stereocenters. The largest absolute Gasteiger partial charge is 0.507 e. The summed E-state index contributed by atoms with van der Waals surface area (Å²) in [7, 11) is 0. The summed E-state index contributed by atoms with van der Waals surface area (Å²) < 4.78 is 12.5. The van der Waals surface area contributed by atoms with Gasteiger partial charge in [-0.15, -0.1) is 10.2 Å². The number of thioether (sulfide) groups is 1. The number of carbonyl (C=O) groups excluding carboxylic acids is 2. The van der Waals surface area contributed by atoms with Gasteiger partial charge in [0.15, 0.2) is 15.8 Å². The molecule has 1 amide bonds. The monoisotopic (exact) mass is 689 g/mol. The van der Waals surface area contributed by atoms with E-state index in [1.807, 2.05) is 12.1 Å². The van der Waals surface area contributed by atoms with Crippen LogP contribution < -0.4 is 14.4 Å². The van der Waals surface area contributed by atoms with E-state index in [1.165, 1.54) is 28.0 Å². The van der Waals surface area contributed by atoms with Gasteiger partial charge in [-0.3, -0.25) is 14.5 Å². The summed E-state index contributed by atoms with van der Waals surface area (Å²) in [6.07, 6.45) is 0. The van der Waals surface area contributed by atoms with Crippen molar-refractivity contribution in [2.75, 3.05) is 18.1 Å². The van der Waals surface area contributed by atoms with Crippen molar-refractivity contribution in [3.8, 4) is 11.5 Å². The van der Waals surface area contributed by atoms with Gasteiger partial charge in [0.05, 0.1) is 11.6 Å². The van der Waals surface area contributed by atoms with Crippen molar-refractivity contribution in [3.05, 3.63) is 97.4 Å². The van der Waals surface area contributed by atoms with Gasteiger partial charge in [-0.05, 0) is 53.6 Å². The first-order chi connectivity index (χ1) is 19.8. The third kappa shape index (κ3) is 5.56. The zero-order valence-corrected chi connectivity index (χ0v) is 25.6. The van der Waals surface area contributed by atoms with Crippen LogP contribution in [-0.2, 0) is 15.3 Å². The number of hydrogen-bond donors (Lipinski definition) is 1. The standard InChI is InChI=1S/C28H18BrCl2N3O5S2/c29-17-3-1-2-14(10-17)23-22(24(35)15-5-7-20-21(11-15)39-9-8-38-20)25(36)26(37)34(23)27-32-33-28(41-27)40-13-16-4-6-18(30)12-19(16)31/h1-7,10-12,23,35H,8-9,13H2/b24-22+. The summed E-state index contributed by atoms with van der Waals surface area (Å²) >= 11 is 18.3. The van der Waals surface area contributed by atoms with Crippen LogP contribution in [0.5, 0.6) is 11.5 Å². The second-order valence-electron chi connectivity index (χ2n) is 8.96. The quantitative estimate of drug-likeness (QED) is 0.0740. The smallest absolute Gasteiger partial charge is 0.301 e. The van der Waals surface area contributed by atoms with Gasteiger partial charge in [0.1, 0.15) is 19.0 Å². The molecule has 0 radical (unpaired) electrons. The molecule has 6 rings (SSSR count). The third-order valence-electron chi connectivity index (χ3n) is 6.39. The predicted octanol–water partition coefficient (Wildman–Crippen LogP) is 7.30. The van der Waals surface area contributed by atoms with Crippen molar-refractivity contribution in [2.45, 2.75) is 16.1 Å². The lowest BCUT2D eigenvalue weighted by atomic mass is 9.95. The maximum absolute atomic E-state index is 13.5. The number of ketones is 1. The van der Waals surface area contributed by atoms with Crippen molar-refractivity contribution in [3.63, 3.8) is 0 Å². The topological polar surface area (TPSA) is 102 Å². The van der Waals surface area contributed by atoms with E-state index in [4.69, 9.17) is 32.7 Å². The van der Waals surface area contributed by atoms with Crippen LogP contribution in [0.4, 0.5) is 5.13 Å². The Hall–Kier alpha value is -3.09. The Morgan fingerprint density at radius 3 is 2.63 bits per heavy atom. The van der Waals surface area contributed by atoms with Crippen LogP contribution in [0, 0.1) is 0 Å². The minimum absolute atomic E-state index is 0.0675. The van der Waals surface area contributed by atoms with Crippen LogP contribution >= 0.6 is 62.2 Å². The van der Waals surface area contributed by atoms with Crippen molar-refractivity contribution >= 4 is 84.8 Å². The Kier molecular flexibility index (Phi) is 7.97. The molecular weight excluding hydrogens is 673 g/mol. The van der Waals surface area contributed by atoms with Gasteiger partial charge in [0.25, 0.3) is 5.78 Å². The molecule has 3 aromatic carbocycles. The van der Waals surface area contributed by atoms with Crippen molar-refractivity contribution in [1.29, 1.82) is 0 Å². The summed E-state index contributed by atoms with van der Waals surface area (Å²) in [5.41, 5.74) is 1.73. The highest BCUT2D eigenvalue weighted by Crippen LogP contribution is 2.45. The maximum Gasteiger partial charge on any atom is 0.301 e. The first-order valence-corrected chi connectivity index (χ1v) is 15.5. The van der Waals surface area contributed by atoms with Crippen LogP contribution in [0.3, 0.4) is 0 Å². The highest BCUT2D eigenvalue weighted by Gasteiger charge is 2.48. The van der Waals surface area contributed by atoms with E-state index in [1.54, 1.807) is 48.5 Å². The van der Waals surface area contributed by atoms with E-state index >= 15 is 0 Å². The van der Waals surface area contributed by atoms with Gasteiger partial charge in [-0.25, -0.2) is 0 Å². The fourth-order valence-electron chi connectivity index (χ4n) is 4.50. The molecule has 41 heavy (non-hydrogen) atoms. The number of anilines is 1. The van der Waals surface area contributed by atoms with Crippen LogP contribution in [0.15, 0.2) is 75.0 Å². The third-order valence-corrected chi connectivity index (χ3v) is 9.58. The van der Waals surface area contributed by atoms with E-state index in [2.05, 4.69) is 26.1 Å². The number of halogens is 3. The normalized spacial score (nSPS) is 17.7. The molecule has 208 valence electrons. The van der Waals surface area contributed by atoms with Crippen molar-refractivity contribution in [1.82, 2.24) is 10.2 Å². The highest BCUT2D eigenvalue weighted by atomic mass is 79.9. The van der Waals surface area contributed by atoms with Gasteiger partial charge < -0.3 is 14.6 Å².